The predicted molar refractivity (Wildman–Crippen MR) is 85.4 cm³/mol. The molecule has 1 fully saturated rings. The van der Waals surface area contributed by atoms with Crippen LogP contribution in [0.3, 0.4) is 0 Å². The minimum atomic E-state index is 0.0654. The molecular formula is C17H26N2O2. The first-order valence-corrected chi connectivity index (χ1v) is 7.62. The fourth-order valence-corrected chi connectivity index (χ4v) is 2.77. The Labute approximate surface area is 127 Å². The molecule has 1 aromatic rings. The van der Waals surface area contributed by atoms with Crippen molar-refractivity contribution >= 4 is 11.6 Å². The highest BCUT2D eigenvalue weighted by Crippen LogP contribution is 2.35. The van der Waals surface area contributed by atoms with Gasteiger partial charge in [0.2, 0.25) is 0 Å². The molecule has 0 radical (unpaired) electrons. The Balaban J connectivity index is 2.26. The Kier molecular flexibility index (Phi) is 4.88. The Morgan fingerprint density at radius 1 is 1.38 bits per heavy atom. The third kappa shape index (κ3) is 3.56. The van der Waals surface area contributed by atoms with Gasteiger partial charge in [-0.3, -0.25) is 4.79 Å². The summed E-state index contributed by atoms with van der Waals surface area (Å²) in [5.41, 5.74) is 9.37. The molecule has 1 unspecified atom stereocenters. The average molecular weight is 290 g/mol. The standard InChI is InChI=1S/C17H26N2O2/c1-11-9-12(2)16(18)10-15(11)17(20)19(7-8-21-4)13(3)14-5-6-14/h9-10,13-14H,5-8,18H2,1-4H3. The lowest BCUT2D eigenvalue weighted by atomic mass is 10.0. The molecule has 2 rings (SSSR count). The lowest BCUT2D eigenvalue weighted by molar-refractivity contribution is 0.0594. The van der Waals surface area contributed by atoms with Crippen molar-refractivity contribution in [2.75, 3.05) is 26.0 Å². The van der Waals surface area contributed by atoms with Gasteiger partial charge in [-0.1, -0.05) is 6.07 Å². The molecule has 1 amide bonds. The van der Waals surface area contributed by atoms with Gasteiger partial charge < -0.3 is 15.4 Å². The number of ether oxygens (including phenoxy) is 1. The van der Waals surface area contributed by atoms with E-state index in [1.807, 2.05) is 30.9 Å². The summed E-state index contributed by atoms with van der Waals surface area (Å²) < 4.78 is 5.16. The van der Waals surface area contributed by atoms with Crippen LogP contribution in [0.15, 0.2) is 12.1 Å². The van der Waals surface area contributed by atoms with Gasteiger partial charge in [0, 0.05) is 30.9 Å². The van der Waals surface area contributed by atoms with E-state index in [-0.39, 0.29) is 11.9 Å². The van der Waals surface area contributed by atoms with E-state index in [0.29, 0.717) is 30.3 Å². The summed E-state index contributed by atoms with van der Waals surface area (Å²) in [6, 6.07) is 4.06. The van der Waals surface area contributed by atoms with Crippen molar-refractivity contribution in [3.63, 3.8) is 0 Å². The van der Waals surface area contributed by atoms with Crippen molar-refractivity contribution in [3.8, 4) is 0 Å². The van der Waals surface area contributed by atoms with Crippen molar-refractivity contribution in [3.05, 3.63) is 28.8 Å². The van der Waals surface area contributed by atoms with Gasteiger partial charge in [-0.25, -0.2) is 0 Å². The number of carbonyl (C=O) groups is 1. The molecule has 2 N–H and O–H groups in total. The number of hydrogen-bond acceptors (Lipinski definition) is 3. The van der Waals surface area contributed by atoms with Crippen LogP contribution in [0.1, 0.15) is 41.3 Å². The van der Waals surface area contributed by atoms with E-state index in [1.54, 1.807) is 7.11 Å². The van der Waals surface area contributed by atoms with Gasteiger partial charge in [-0.05, 0) is 56.7 Å². The molecule has 0 heterocycles. The quantitative estimate of drug-likeness (QED) is 0.820. The molecule has 0 aliphatic heterocycles. The number of aryl methyl sites for hydroxylation is 2. The third-order valence-corrected chi connectivity index (χ3v) is 4.44. The lowest BCUT2D eigenvalue weighted by Crippen LogP contribution is -2.42. The minimum absolute atomic E-state index is 0.0654. The van der Waals surface area contributed by atoms with Gasteiger partial charge in [0.05, 0.1) is 6.61 Å². The molecule has 21 heavy (non-hydrogen) atoms. The van der Waals surface area contributed by atoms with Gasteiger partial charge in [-0.2, -0.15) is 0 Å². The summed E-state index contributed by atoms with van der Waals surface area (Å²) in [7, 11) is 1.67. The maximum Gasteiger partial charge on any atom is 0.254 e. The number of methoxy groups -OCH3 is 1. The smallest absolute Gasteiger partial charge is 0.254 e. The summed E-state index contributed by atoms with van der Waals surface area (Å²) in [5.74, 6) is 0.699. The zero-order valence-corrected chi connectivity index (χ0v) is 13.5. The first kappa shape index (κ1) is 15.8. The van der Waals surface area contributed by atoms with Crippen LogP contribution in [0.25, 0.3) is 0 Å². The first-order chi connectivity index (χ1) is 9.95. The number of rotatable bonds is 6. The van der Waals surface area contributed by atoms with E-state index in [4.69, 9.17) is 10.5 Å². The normalized spacial score (nSPS) is 15.8. The summed E-state index contributed by atoms with van der Waals surface area (Å²) >= 11 is 0. The van der Waals surface area contributed by atoms with Crippen LogP contribution < -0.4 is 5.73 Å². The molecule has 1 aliphatic rings. The molecule has 0 saturated heterocycles. The van der Waals surface area contributed by atoms with Crippen LogP contribution in [0.2, 0.25) is 0 Å². The molecule has 4 heteroatoms. The zero-order valence-electron chi connectivity index (χ0n) is 13.5. The van der Waals surface area contributed by atoms with E-state index in [1.165, 1.54) is 12.8 Å². The van der Waals surface area contributed by atoms with Crippen molar-refractivity contribution in [2.45, 2.75) is 39.7 Å². The van der Waals surface area contributed by atoms with E-state index >= 15 is 0 Å². The van der Waals surface area contributed by atoms with Crippen molar-refractivity contribution in [1.82, 2.24) is 4.90 Å². The van der Waals surface area contributed by atoms with Gasteiger partial charge in [-0.15, -0.1) is 0 Å². The summed E-state index contributed by atoms with van der Waals surface area (Å²) in [6.45, 7) is 7.25. The highest BCUT2D eigenvalue weighted by Gasteiger charge is 2.34. The maximum absolute atomic E-state index is 12.9. The van der Waals surface area contributed by atoms with Crippen LogP contribution in [-0.2, 0) is 4.74 Å². The minimum Gasteiger partial charge on any atom is -0.398 e. The fourth-order valence-electron chi connectivity index (χ4n) is 2.77. The Morgan fingerprint density at radius 2 is 2.05 bits per heavy atom. The average Bonchev–Trinajstić information content (AvgIpc) is 3.27. The van der Waals surface area contributed by atoms with Crippen LogP contribution in [0, 0.1) is 19.8 Å². The molecule has 0 spiro atoms. The van der Waals surface area contributed by atoms with Crippen molar-refractivity contribution in [1.29, 1.82) is 0 Å². The molecule has 1 atom stereocenters. The molecule has 1 aromatic carbocycles. The van der Waals surface area contributed by atoms with Crippen LogP contribution in [0.4, 0.5) is 5.69 Å². The second-order valence-corrected chi connectivity index (χ2v) is 6.09. The van der Waals surface area contributed by atoms with Gasteiger partial charge in [0.15, 0.2) is 0 Å². The first-order valence-electron chi connectivity index (χ1n) is 7.62. The Bertz CT molecular complexity index is 524. The number of nitrogens with two attached hydrogens (primary N) is 1. The number of benzene rings is 1. The number of nitrogens with zero attached hydrogens (tertiary/aromatic N) is 1. The highest BCUT2D eigenvalue weighted by molar-refractivity contribution is 5.97. The van der Waals surface area contributed by atoms with Crippen molar-refractivity contribution in [2.24, 2.45) is 5.92 Å². The second kappa shape index (κ2) is 6.48. The number of hydrogen-bond donors (Lipinski definition) is 1. The Morgan fingerprint density at radius 3 is 2.62 bits per heavy atom. The van der Waals surface area contributed by atoms with E-state index in [2.05, 4.69) is 6.92 Å². The highest BCUT2D eigenvalue weighted by atomic mass is 16.5. The fraction of sp³-hybridized carbons (Fsp3) is 0.588. The zero-order chi connectivity index (χ0) is 15.6. The summed E-state index contributed by atoms with van der Waals surface area (Å²) in [4.78, 5) is 14.9. The van der Waals surface area contributed by atoms with Crippen LogP contribution in [0.5, 0.6) is 0 Å². The van der Waals surface area contributed by atoms with Crippen molar-refractivity contribution < 1.29 is 9.53 Å². The molecule has 4 nitrogen and oxygen atoms in total. The van der Waals surface area contributed by atoms with Crippen LogP contribution in [-0.4, -0.2) is 37.1 Å². The van der Waals surface area contributed by atoms with Crippen LogP contribution >= 0.6 is 0 Å². The summed E-state index contributed by atoms with van der Waals surface area (Å²) in [6.07, 6.45) is 2.43. The number of anilines is 1. The second-order valence-electron chi connectivity index (χ2n) is 6.09. The monoisotopic (exact) mass is 290 g/mol. The molecule has 0 bridgehead atoms. The number of amides is 1. The predicted octanol–water partition coefficient (Wildman–Crippen LogP) is 2.77. The molecule has 1 saturated carbocycles. The number of nitrogen functional groups attached to an aromatic ring is 1. The van der Waals surface area contributed by atoms with Gasteiger partial charge in [0.1, 0.15) is 0 Å². The lowest BCUT2D eigenvalue weighted by Gasteiger charge is -2.30. The maximum atomic E-state index is 12.9. The molecule has 1 aliphatic carbocycles. The molecular weight excluding hydrogens is 264 g/mol. The largest absolute Gasteiger partial charge is 0.398 e. The van der Waals surface area contributed by atoms with E-state index in [9.17, 15) is 4.79 Å². The summed E-state index contributed by atoms with van der Waals surface area (Å²) in [5, 5.41) is 0. The van der Waals surface area contributed by atoms with Gasteiger partial charge >= 0.3 is 0 Å². The third-order valence-electron chi connectivity index (χ3n) is 4.44. The van der Waals surface area contributed by atoms with E-state index in [0.717, 1.165) is 11.1 Å². The number of carbonyl (C=O) groups excluding carboxylic acids is 1. The topological polar surface area (TPSA) is 55.6 Å². The van der Waals surface area contributed by atoms with Gasteiger partial charge in [0.25, 0.3) is 5.91 Å². The molecule has 116 valence electrons. The Hall–Kier alpha value is -1.55. The SMILES string of the molecule is COCCN(C(=O)c1cc(N)c(C)cc1C)C(C)C1CC1. The molecule has 0 aromatic heterocycles. The van der Waals surface area contributed by atoms with E-state index < -0.39 is 0 Å².